The Labute approximate surface area is 122 Å². The van der Waals surface area contributed by atoms with Gasteiger partial charge in [0.05, 0.1) is 17.6 Å². The summed E-state index contributed by atoms with van der Waals surface area (Å²) < 4.78 is 0. The number of hydrogen-bond acceptors (Lipinski definition) is 5. The molecule has 1 heterocycles. The van der Waals surface area contributed by atoms with Gasteiger partial charge in [-0.25, -0.2) is 0 Å². The van der Waals surface area contributed by atoms with E-state index in [0.29, 0.717) is 12.2 Å². The Hall–Kier alpha value is -1.99. The highest BCUT2D eigenvalue weighted by molar-refractivity contribution is 5.92. The Morgan fingerprint density at radius 1 is 1.48 bits per heavy atom. The lowest BCUT2D eigenvalue weighted by Gasteiger charge is -2.33. The fourth-order valence-electron chi connectivity index (χ4n) is 2.33. The van der Waals surface area contributed by atoms with Gasteiger partial charge in [-0.3, -0.25) is 19.8 Å². The average Bonchev–Trinajstić information content (AvgIpc) is 2.43. The maximum Gasteiger partial charge on any atom is 0.269 e. The van der Waals surface area contributed by atoms with Crippen LogP contribution in [0, 0.1) is 16.0 Å². The van der Waals surface area contributed by atoms with E-state index in [-0.39, 0.29) is 24.1 Å². The molecule has 1 aromatic rings. The Morgan fingerprint density at radius 2 is 2.14 bits per heavy atom. The fraction of sp³-hybridized carbons (Fsp3) is 0.500. The highest BCUT2D eigenvalue weighted by Gasteiger charge is 2.25. The summed E-state index contributed by atoms with van der Waals surface area (Å²) in [5, 5.41) is 23.0. The summed E-state index contributed by atoms with van der Waals surface area (Å²) in [6.45, 7) is 3.49. The molecule has 1 amide bonds. The van der Waals surface area contributed by atoms with Crippen LogP contribution in [0.3, 0.4) is 0 Å². The van der Waals surface area contributed by atoms with E-state index in [4.69, 9.17) is 0 Å². The van der Waals surface area contributed by atoms with Crippen molar-refractivity contribution in [3.05, 3.63) is 34.4 Å². The number of rotatable bonds is 4. The third-order valence-corrected chi connectivity index (χ3v) is 3.73. The van der Waals surface area contributed by atoms with Gasteiger partial charge in [0.2, 0.25) is 5.91 Å². The monoisotopic (exact) mass is 293 g/mol. The van der Waals surface area contributed by atoms with E-state index in [0.717, 1.165) is 13.0 Å². The van der Waals surface area contributed by atoms with Gasteiger partial charge in [-0.2, -0.15) is 0 Å². The Morgan fingerprint density at radius 3 is 2.71 bits per heavy atom. The summed E-state index contributed by atoms with van der Waals surface area (Å²) in [5.41, 5.74) is 0.512. The van der Waals surface area contributed by atoms with Crippen molar-refractivity contribution in [3.63, 3.8) is 0 Å². The van der Waals surface area contributed by atoms with Crippen LogP contribution >= 0.6 is 0 Å². The molecule has 7 nitrogen and oxygen atoms in total. The molecule has 1 aliphatic rings. The smallest absolute Gasteiger partial charge is 0.269 e. The topological polar surface area (TPSA) is 95.7 Å². The number of nitro benzene ring substituents is 1. The third kappa shape index (κ3) is 4.24. The number of aliphatic hydroxyl groups is 1. The standard InChI is InChI=1S/C14H19N3O4/c1-10-6-7-16(8-13(10)18)9-14(19)15-11-2-4-12(5-3-11)17(20)21/h2-5,10,13,18H,6-9H2,1H3,(H,15,19). The fourth-order valence-corrected chi connectivity index (χ4v) is 2.33. The molecule has 1 aliphatic heterocycles. The number of likely N-dealkylation sites (tertiary alicyclic amines) is 1. The number of β-amino-alcohol motifs (C(OH)–C–C–N with tert-alkyl or cyclic N) is 1. The van der Waals surface area contributed by atoms with Gasteiger partial charge in [0.15, 0.2) is 0 Å². The van der Waals surface area contributed by atoms with Crippen molar-refractivity contribution in [1.29, 1.82) is 0 Å². The van der Waals surface area contributed by atoms with Crippen molar-refractivity contribution in [2.75, 3.05) is 25.0 Å². The molecule has 2 atom stereocenters. The molecule has 0 saturated carbocycles. The number of nitro groups is 1. The van der Waals surface area contributed by atoms with Crippen LogP contribution in [0.25, 0.3) is 0 Å². The van der Waals surface area contributed by atoms with Crippen molar-refractivity contribution in [2.24, 2.45) is 5.92 Å². The molecule has 1 aromatic carbocycles. The SMILES string of the molecule is CC1CCN(CC(=O)Nc2ccc([N+](=O)[O-])cc2)CC1O. The van der Waals surface area contributed by atoms with Gasteiger partial charge in [-0.15, -0.1) is 0 Å². The first kappa shape index (κ1) is 15.4. The molecule has 114 valence electrons. The van der Waals surface area contributed by atoms with Crippen molar-refractivity contribution in [1.82, 2.24) is 4.90 Å². The number of carbonyl (C=O) groups is 1. The van der Waals surface area contributed by atoms with Gasteiger partial charge in [0, 0.05) is 24.4 Å². The highest BCUT2D eigenvalue weighted by atomic mass is 16.6. The molecule has 0 bridgehead atoms. The molecular formula is C14H19N3O4. The number of aliphatic hydroxyl groups excluding tert-OH is 1. The zero-order chi connectivity index (χ0) is 15.4. The summed E-state index contributed by atoms with van der Waals surface area (Å²) in [6, 6.07) is 5.70. The second kappa shape index (κ2) is 6.64. The maximum absolute atomic E-state index is 11.9. The number of carbonyl (C=O) groups excluding carboxylic acids is 1. The summed E-state index contributed by atoms with van der Waals surface area (Å²) >= 11 is 0. The Balaban J connectivity index is 1.85. The van der Waals surface area contributed by atoms with Crippen LogP contribution in [0.4, 0.5) is 11.4 Å². The number of nitrogens with one attached hydrogen (secondary N) is 1. The Kier molecular flexibility index (Phi) is 4.87. The number of benzene rings is 1. The molecule has 21 heavy (non-hydrogen) atoms. The van der Waals surface area contributed by atoms with Crippen molar-refractivity contribution in [2.45, 2.75) is 19.4 Å². The minimum absolute atomic E-state index is 0.0128. The minimum Gasteiger partial charge on any atom is -0.392 e. The normalized spacial score (nSPS) is 22.8. The van der Waals surface area contributed by atoms with Gasteiger partial charge in [0.1, 0.15) is 0 Å². The van der Waals surface area contributed by atoms with Gasteiger partial charge < -0.3 is 10.4 Å². The number of hydrogen-bond donors (Lipinski definition) is 2. The van der Waals surface area contributed by atoms with E-state index in [1.165, 1.54) is 24.3 Å². The van der Waals surface area contributed by atoms with E-state index in [1.54, 1.807) is 0 Å². The lowest BCUT2D eigenvalue weighted by molar-refractivity contribution is -0.384. The second-order valence-electron chi connectivity index (χ2n) is 5.42. The van der Waals surface area contributed by atoms with Crippen molar-refractivity contribution < 1.29 is 14.8 Å². The molecule has 1 saturated heterocycles. The zero-order valence-electron chi connectivity index (χ0n) is 11.9. The van der Waals surface area contributed by atoms with Crippen LogP contribution in [0.2, 0.25) is 0 Å². The van der Waals surface area contributed by atoms with Gasteiger partial charge in [-0.1, -0.05) is 6.92 Å². The molecule has 2 N–H and O–H groups in total. The molecular weight excluding hydrogens is 274 g/mol. The first-order valence-corrected chi connectivity index (χ1v) is 6.90. The van der Waals surface area contributed by atoms with Crippen molar-refractivity contribution in [3.8, 4) is 0 Å². The predicted octanol–water partition coefficient (Wildman–Crippen LogP) is 1.24. The average molecular weight is 293 g/mol. The van der Waals surface area contributed by atoms with Crippen LogP contribution in [-0.2, 0) is 4.79 Å². The van der Waals surface area contributed by atoms with Crippen LogP contribution in [0.5, 0.6) is 0 Å². The van der Waals surface area contributed by atoms with Gasteiger partial charge in [0.25, 0.3) is 5.69 Å². The lowest BCUT2D eigenvalue weighted by atomic mass is 9.96. The van der Waals surface area contributed by atoms with E-state index < -0.39 is 11.0 Å². The maximum atomic E-state index is 11.9. The number of amides is 1. The third-order valence-electron chi connectivity index (χ3n) is 3.73. The van der Waals surface area contributed by atoms with Gasteiger partial charge >= 0.3 is 0 Å². The van der Waals surface area contributed by atoms with E-state index in [1.807, 2.05) is 11.8 Å². The van der Waals surface area contributed by atoms with Crippen LogP contribution < -0.4 is 5.32 Å². The highest BCUT2D eigenvalue weighted by Crippen LogP contribution is 2.18. The van der Waals surface area contributed by atoms with Crippen molar-refractivity contribution >= 4 is 17.3 Å². The number of piperidine rings is 1. The van der Waals surface area contributed by atoms with Gasteiger partial charge in [-0.05, 0) is 31.0 Å². The van der Waals surface area contributed by atoms with E-state index in [2.05, 4.69) is 5.32 Å². The number of nitrogens with zero attached hydrogens (tertiary/aromatic N) is 2. The lowest BCUT2D eigenvalue weighted by Crippen LogP contribution is -2.45. The second-order valence-corrected chi connectivity index (χ2v) is 5.42. The molecule has 0 aliphatic carbocycles. The first-order valence-electron chi connectivity index (χ1n) is 6.90. The van der Waals surface area contributed by atoms with E-state index >= 15 is 0 Å². The van der Waals surface area contributed by atoms with Crippen LogP contribution in [0.15, 0.2) is 24.3 Å². The quantitative estimate of drug-likeness (QED) is 0.643. The molecule has 1 fully saturated rings. The predicted molar refractivity (Wildman–Crippen MR) is 78.0 cm³/mol. The molecule has 2 unspecified atom stereocenters. The molecule has 7 heteroatoms. The zero-order valence-corrected chi connectivity index (χ0v) is 11.9. The number of anilines is 1. The molecule has 0 spiro atoms. The molecule has 0 aromatic heterocycles. The van der Waals surface area contributed by atoms with Crippen LogP contribution in [0.1, 0.15) is 13.3 Å². The summed E-state index contributed by atoms with van der Waals surface area (Å²) in [6.07, 6.45) is 0.470. The largest absolute Gasteiger partial charge is 0.392 e. The van der Waals surface area contributed by atoms with E-state index in [9.17, 15) is 20.0 Å². The van der Waals surface area contributed by atoms with Crippen LogP contribution in [-0.4, -0.2) is 46.6 Å². The summed E-state index contributed by atoms with van der Waals surface area (Å²) in [4.78, 5) is 23.9. The number of non-ortho nitro benzene ring substituents is 1. The Bertz CT molecular complexity index is 517. The first-order chi connectivity index (χ1) is 9.95. The summed E-state index contributed by atoms with van der Waals surface area (Å²) in [5.74, 6) is 0.0737. The minimum atomic E-state index is -0.484. The summed E-state index contributed by atoms with van der Waals surface area (Å²) in [7, 11) is 0. The molecule has 2 rings (SSSR count). The molecule has 0 radical (unpaired) electrons.